The number of thioether (sulfide) groups is 1. The van der Waals surface area contributed by atoms with E-state index >= 15 is 0 Å². The number of hydrogen-bond donors (Lipinski definition) is 3. The fourth-order valence-corrected chi connectivity index (χ4v) is 4.62. The van der Waals surface area contributed by atoms with Crippen LogP contribution in [0.1, 0.15) is 39.5 Å². The lowest BCUT2D eigenvalue weighted by Gasteiger charge is -2.37. The standard InChI is InChI=1S/C27H27N5O2S/c1-35-23-11-9-21(10-12-23)30-27(34)31-22-8-7-20-15-25(19-5-3-18(17-29)4-6-19)32(14-2-13-28)26(33)24(20)16-22/h3-12,16,25H,2,13-15,28H2,1H3,(H2,30,31,34)/t25-/m0/s1. The van der Waals surface area contributed by atoms with Crippen LogP contribution >= 0.6 is 11.8 Å². The summed E-state index contributed by atoms with van der Waals surface area (Å²) >= 11 is 1.63. The predicted octanol–water partition coefficient (Wildman–Crippen LogP) is 5.01. The Hall–Kier alpha value is -3.80. The van der Waals surface area contributed by atoms with Crippen molar-refractivity contribution < 1.29 is 9.59 Å². The van der Waals surface area contributed by atoms with Crippen LogP contribution in [0.15, 0.2) is 71.6 Å². The molecular formula is C27H27N5O2S. The number of rotatable bonds is 7. The molecule has 8 heteroatoms. The number of benzene rings is 3. The Morgan fingerprint density at radius 3 is 2.43 bits per heavy atom. The van der Waals surface area contributed by atoms with Gasteiger partial charge in [0.05, 0.1) is 17.7 Å². The first-order chi connectivity index (χ1) is 17.0. The second-order valence-corrected chi connectivity index (χ2v) is 9.15. The number of fused-ring (bicyclic) bond motifs is 1. The smallest absolute Gasteiger partial charge is 0.323 e. The highest BCUT2D eigenvalue weighted by molar-refractivity contribution is 7.98. The zero-order valence-electron chi connectivity index (χ0n) is 19.5. The number of amides is 3. The van der Waals surface area contributed by atoms with Gasteiger partial charge < -0.3 is 21.3 Å². The average molecular weight is 486 g/mol. The number of carbonyl (C=O) groups is 2. The molecule has 3 amide bonds. The molecule has 1 heterocycles. The van der Waals surface area contributed by atoms with Gasteiger partial charge in [-0.1, -0.05) is 18.2 Å². The van der Waals surface area contributed by atoms with Crippen molar-refractivity contribution in [2.24, 2.45) is 5.73 Å². The second-order valence-electron chi connectivity index (χ2n) is 8.27. The highest BCUT2D eigenvalue weighted by Gasteiger charge is 2.33. The number of nitrogens with two attached hydrogens (primary N) is 1. The average Bonchev–Trinajstić information content (AvgIpc) is 2.89. The van der Waals surface area contributed by atoms with Gasteiger partial charge in [-0.25, -0.2) is 4.79 Å². The van der Waals surface area contributed by atoms with E-state index in [0.29, 0.717) is 48.4 Å². The number of carbonyl (C=O) groups excluding carboxylic acids is 2. The van der Waals surface area contributed by atoms with E-state index in [0.717, 1.165) is 16.0 Å². The van der Waals surface area contributed by atoms with E-state index in [-0.39, 0.29) is 18.0 Å². The molecule has 0 radical (unpaired) electrons. The molecule has 0 fully saturated rings. The molecule has 1 atom stereocenters. The van der Waals surface area contributed by atoms with Crippen LogP contribution in [0, 0.1) is 11.3 Å². The third-order valence-corrected chi connectivity index (χ3v) is 6.77. The molecule has 0 unspecified atom stereocenters. The SMILES string of the molecule is CSc1ccc(NC(=O)Nc2ccc3c(c2)C(=O)N(CCCN)[C@H](c2ccc(C#N)cc2)C3)cc1. The third kappa shape index (κ3) is 5.65. The first-order valence-electron chi connectivity index (χ1n) is 11.4. The van der Waals surface area contributed by atoms with E-state index < -0.39 is 0 Å². The molecule has 0 bridgehead atoms. The maximum absolute atomic E-state index is 13.5. The molecule has 0 spiro atoms. The molecule has 0 aliphatic carbocycles. The number of hydrogen-bond acceptors (Lipinski definition) is 5. The van der Waals surface area contributed by atoms with E-state index in [9.17, 15) is 9.59 Å². The Morgan fingerprint density at radius 1 is 1.09 bits per heavy atom. The highest BCUT2D eigenvalue weighted by Crippen LogP contribution is 2.34. The van der Waals surface area contributed by atoms with Crippen LogP contribution in [0.25, 0.3) is 0 Å². The molecule has 0 saturated carbocycles. The number of anilines is 2. The number of nitriles is 1. The molecule has 0 aromatic heterocycles. The van der Waals surface area contributed by atoms with Crippen molar-refractivity contribution in [3.05, 3.63) is 89.0 Å². The number of nitrogens with zero attached hydrogens (tertiary/aromatic N) is 2. The maximum atomic E-state index is 13.5. The fourth-order valence-electron chi connectivity index (χ4n) is 4.21. The maximum Gasteiger partial charge on any atom is 0.323 e. The molecule has 35 heavy (non-hydrogen) atoms. The molecule has 3 aromatic carbocycles. The second kappa shape index (κ2) is 11.1. The van der Waals surface area contributed by atoms with Gasteiger partial charge in [0.2, 0.25) is 0 Å². The van der Waals surface area contributed by atoms with Crippen LogP contribution in [0.2, 0.25) is 0 Å². The van der Waals surface area contributed by atoms with Crippen LogP contribution < -0.4 is 16.4 Å². The Morgan fingerprint density at radius 2 is 1.77 bits per heavy atom. The van der Waals surface area contributed by atoms with Gasteiger partial charge in [0.15, 0.2) is 0 Å². The number of urea groups is 1. The topological polar surface area (TPSA) is 111 Å². The summed E-state index contributed by atoms with van der Waals surface area (Å²) in [6, 6.07) is 22.0. The monoisotopic (exact) mass is 485 g/mol. The molecule has 7 nitrogen and oxygen atoms in total. The Kier molecular flexibility index (Phi) is 7.70. The Bertz CT molecular complexity index is 1250. The quantitative estimate of drug-likeness (QED) is 0.407. The van der Waals surface area contributed by atoms with Crippen LogP contribution in [-0.2, 0) is 6.42 Å². The minimum Gasteiger partial charge on any atom is -0.331 e. The van der Waals surface area contributed by atoms with Gasteiger partial charge in [-0.05, 0) is 85.3 Å². The van der Waals surface area contributed by atoms with E-state index in [1.807, 2.05) is 59.7 Å². The van der Waals surface area contributed by atoms with Gasteiger partial charge in [0, 0.05) is 28.4 Å². The Labute approximate surface area is 209 Å². The minimum absolute atomic E-state index is 0.0919. The highest BCUT2D eigenvalue weighted by atomic mass is 32.2. The summed E-state index contributed by atoms with van der Waals surface area (Å²) in [5.41, 5.74) is 10.0. The lowest BCUT2D eigenvalue weighted by Crippen LogP contribution is -2.41. The molecule has 1 aliphatic heterocycles. The molecule has 4 rings (SSSR count). The van der Waals surface area contributed by atoms with Crippen molar-refractivity contribution in [2.45, 2.75) is 23.8 Å². The molecule has 1 aliphatic rings. The molecule has 178 valence electrons. The van der Waals surface area contributed by atoms with Crippen molar-refractivity contribution in [2.75, 3.05) is 30.0 Å². The first kappa shape index (κ1) is 24.3. The van der Waals surface area contributed by atoms with Gasteiger partial charge in [0.25, 0.3) is 5.91 Å². The van der Waals surface area contributed by atoms with Crippen LogP contribution in [-0.4, -0.2) is 36.2 Å². The first-order valence-corrected chi connectivity index (χ1v) is 12.6. The molecular weight excluding hydrogens is 458 g/mol. The molecule has 0 saturated heterocycles. The lowest BCUT2D eigenvalue weighted by atomic mass is 9.88. The summed E-state index contributed by atoms with van der Waals surface area (Å²) < 4.78 is 0. The van der Waals surface area contributed by atoms with Crippen LogP contribution in [0.3, 0.4) is 0 Å². The zero-order valence-corrected chi connectivity index (χ0v) is 20.3. The zero-order chi connectivity index (χ0) is 24.8. The van der Waals surface area contributed by atoms with Crippen molar-refractivity contribution in [1.29, 1.82) is 5.26 Å². The van der Waals surface area contributed by atoms with Crippen molar-refractivity contribution in [1.82, 2.24) is 4.90 Å². The number of nitrogens with one attached hydrogen (secondary N) is 2. The summed E-state index contributed by atoms with van der Waals surface area (Å²) in [4.78, 5) is 29.0. The van der Waals surface area contributed by atoms with Gasteiger partial charge in [-0.2, -0.15) is 5.26 Å². The van der Waals surface area contributed by atoms with Gasteiger partial charge in [-0.15, -0.1) is 11.8 Å². The van der Waals surface area contributed by atoms with Crippen molar-refractivity contribution in [3.63, 3.8) is 0 Å². The van der Waals surface area contributed by atoms with Gasteiger partial charge in [0.1, 0.15) is 0 Å². The third-order valence-electron chi connectivity index (χ3n) is 6.02. The van der Waals surface area contributed by atoms with E-state index in [1.54, 1.807) is 30.0 Å². The minimum atomic E-state index is -0.374. The summed E-state index contributed by atoms with van der Waals surface area (Å²) in [6.07, 6.45) is 3.33. The van der Waals surface area contributed by atoms with E-state index in [4.69, 9.17) is 11.0 Å². The summed E-state index contributed by atoms with van der Waals surface area (Å²) in [6.45, 7) is 1.01. The van der Waals surface area contributed by atoms with Crippen LogP contribution in [0.5, 0.6) is 0 Å². The summed E-state index contributed by atoms with van der Waals surface area (Å²) in [5, 5.41) is 14.8. The Balaban J connectivity index is 1.54. The molecule has 3 aromatic rings. The van der Waals surface area contributed by atoms with Crippen molar-refractivity contribution in [3.8, 4) is 6.07 Å². The van der Waals surface area contributed by atoms with E-state index in [1.165, 1.54) is 0 Å². The van der Waals surface area contributed by atoms with Gasteiger partial charge in [-0.3, -0.25) is 4.79 Å². The van der Waals surface area contributed by atoms with Gasteiger partial charge >= 0.3 is 6.03 Å². The normalized spacial score (nSPS) is 14.7. The lowest BCUT2D eigenvalue weighted by molar-refractivity contribution is 0.0646. The van der Waals surface area contributed by atoms with Crippen molar-refractivity contribution >= 4 is 35.1 Å². The van der Waals surface area contributed by atoms with Crippen LogP contribution in [0.4, 0.5) is 16.2 Å². The largest absolute Gasteiger partial charge is 0.331 e. The predicted molar refractivity (Wildman–Crippen MR) is 140 cm³/mol. The summed E-state index contributed by atoms with van der Waals surface area (Å²) in [5.74, 6) is -0.0919. The summed E-state index contributed by atoms with van der Waals surface area (Å²) in [7, 11) is 0. The van der Waals surface area contributed by atoms with E-state index in [2.05, 4.69) is 16.7 Å². The fraction of sp³-hybridized carbons (Fsp3) is 0.222. The molecule has 4 N–H and O–H groups in total.